The van der Waals surface area contributed by atoms with E-state index in [1.54, 1.807) is 0 Å². The Labute approximate surface area is 187 Å². The summed E-state index contributed by atoms with van der Waals surface area (Å²) < 4.78 is 45.3. The van der Waals surface area contributed by atoms with Crippen LogP contribution in [0.25, 0.3) is 11.5 Å². The molecule has 1 saturated heterocycles. The van der Waals surface area contributed by atoms with Gasteiger partial charge in [0, 0.05) is 18.7 Å². The van der Waals surface area contributed by atoms with E-state index >= 15 is 0 Å². The monoisotopic (exact) mass is 462 g/mol. The Balaban J connectivity index is 1.45. The molecule has 6 nitrogen and oxygen atoms in total. The number of carbonyl (C=O) groups excluding carboxylic acids is 1. The normalized spacial score (nSPS) is 14.4. The largest absolute Gasteiger partial charge is 0.416 e. The molecule has 1 aliphatic heterocycles. The Bertz CT molecular complexity index is 1070. The van der Waals surface area contributed by atoms with Gasteiger partial charge in [0.15, 0.2) is 0 Å². The number of hydrogen-bond acceptors (Lipinski definition) is 6. The second-order valence-corrected chi connectivity index (χ2v) is 8.28. The number of benzene rings is 2. The summed E-state index contributed by atoms with van der Waals surface area (Å²) in [5, 5.41) is 10.7. The summed E-state index contributed by atoms with van der Waals surface area (Å²) in [5.41, 5.74) is 0.708. The summed E-state index contributed by atoms with van der Waals surface area (Å²) in [6.45, 7) is 1.49. The Morgan fingerprint density at radius 1 is 1.06 bits per heavy atom. The standard InChI is InChI=1S/C22H21F3N4O2S/c23-22(24,25)16-9-10-18(29-11-5-2-6-12-29)17(13-16)26-19(30)14-32-21-28-27-20(31-21)15-7-3-1-4-8-15/h1,3-4,7-10,13H,2,5-6,11-12,14H2,(H,26,30). The van der Waals surface area contributed by atoms with Gasteiger partial charge in [-0.3, -0.25) is 4.79 Å². The molecule has 0 atom stereocenters. The highest BCUT2D eigenvalue weighted by Gasteiger charge is 2.32. The van der Waals surface area contributed by atoms with E-state index in [0.717, 1.165) is 61.8 Å². The average molecular weight is 462 g/mol. The van der Waals surface area contributed by atoms with Crippen molar-refractivity contribution in [3.63, 3.8) is 0 Å². The van der Waals surface area contributed by atoms with Crippen molar-refractivity contribution < 1.29 is 22.4 Å². The van der Waals surface area contributed by atoms with Gasteiger partial charge in [-0.15, -0.1) is 10.2 Å². The van der Waals surface area contributed by atoms with Crippen LogP contribution in [0.5, 0.6) is 0 Å². The Kier molecular flexibility index (Phi) is 6.69. The number of rotatable bonds is 6. The number of amides is 1. The van der Waals surface area contributed by atoms with Crippen molar-refractivity contribution in [1.29, 1.82) is 0 Å². The van der Waals surface area contributed by atoms with Crippen molar-refractivity contribution in [3.05, 3.63) is 54.1 Å². The highest BCUT2D eigenvalue weighted by Crippen LogP contribution is 2.36. The maximum absolute atomic E-state index is 13.2. The van der Waals surface area contributed by atoms with Gasteiger partial charge in [-0.25, -0.2) is 0 Å². The summed E-state index contributed by atoms with van der Waals surface area (Å²) >= 11 is 1.03. The Morgan fingerprint density at radius 3 is 2.53 bits per heavy atom. The number of aromatic nitrogens is 2. The predicted molar refractivity (Wildman–Crippen MR) is 117 cm³/mol. The molecule has 3 aromatic rings. The highest BCUT2D eigenvalue weighted by atomic mass is 32.2. The molecule has 10 heteroatoms. The summed E-state index contributed by atoms with van der Waals surface area (Å²) in [5.74, 6) is -0.197. The van der Waals surface area contributed by atoms with Crippen molar-refractivity contribution in [1.82, 2.24) is 10.2 Å². The molecule has 0 bridgehead atoms. The first-order chi connectivity index (χ1) is 15.4. The lowest BCUT2D eigenvalue weighted by Crippen LogP contribution is -2.30. The number of piperidine rings is 1. The van der Waals surface area contributed by atoms with Crippen LogP contribution in [0.3, 0.4) is 0 Å². The third-order valence-electron chi connectivity index (χ3n) is 5.05. The lowest BCUT2D eigenvalue weighted by Gasteiger charge is -2.31. The third kappa shape index (κ3) is 5.42. The minimum Gasteiger partial charge on any atom is -0.411 e. The molecular weight excluding hydrogens is 441 g/mol. The Morgan fingerprint density at radius 2 is 1.81 bits per heavy atom. The van der Waals surface area contributed by atoms with Crippen LogP contribution in [0.15, 0.2) is 58.2 Å². The molecule has 1 N–H and O–H groups in total. The lowest BCUT2D eigenvalue weighted by atomic mass is 10.1. The van der Waals surface area contributed by atoms with Gasteiger partial charge < -0.3 is 14.6 Å². The van der Waals surface area contributed by atoms with Crippen molar-refractivity contribution >= 4 is 29.0 Å². The molecule has 0 spiro atoms. The predicted octanol–water partition coefficient (Wildman–Crippen LogP) is 5.48. The van der Waals surface area contributed by atoms with Crippen LogP contribution in [0, 0.1) is 0 Å². The minimum absolute atomic E-state index is 0.0773. The highest BCUT2D eigenvalue weighted by molar-refractivity contribution is 7.99. The fraction of sp³-hybridized carbons (Fsp3) is 0.318. The van der Waals surface area contributed by atoms with Crippen molar-refractivity contribution in [2.75, 3.05) is 29.1 Å². The van der Waals surface area contributed by atoms with Crippen molar-refractivity contribution in [3.8, 4) is 11.5 Å². The molecular formula is C22H21F3N4O2S. The van der Waals surface area contributed by atoms with Crippen LogP contribution in [-0.2, 0) is 11.0 Å². The van der Waals surface area contributed by atoms with Gasteiger partial charge in [-0.2, -0.15) is 13.2 Å². The quantitative estimate of drug-likeness (QED) is 0.490. The van der Waals surface area contributed by atoms with Gasteiger partial charge in [0.1, 0.15) is 0 Å². The fourth-order valence-electron chi connectivity index (χ4n) is 3.50. The second kappa shape index (κ2) is 9.64. The van der Waals surface area contributed by atoms with E-state index in [2.05, 4.69) is 15.5 Å². The topological polar surface area (TPSA) is 71.3 Å². The zero-order chi connectivity index (χ0) is 22.6. The molecule has 0 saturated carbocycles. The molecule has 1 amide bonds. The fourth-order valence-corrected chi connectivity index (χ4v) is 4.07. The zero-order valence-electron chi connectivity index (χ0n) is 17.1. The minimum atomic E-state index is -4.49. The second-order valence-electron chi connectivity index (χ2n) is 7.35. The maximum atomic E-state index is 13.2. The van der Waals surface area contributed by atoms with Gasteiger partial charge in [-0.1, -0.05) is 30.0 Å². The van der Waals surface area contributed by atoms with Crippen LogP contribution in [-0.4, -0.2) is 34.9 Å². The van der Waals surface area contributed by atoms with Gasteiger partial charge in [-0.05, 0) is 49.6 Å². The van der Waals surface area contributed by atoms with Crippen LogP contribution >= 0.6 is 11.8 Å². The number of halogens is 3. The lowest BCUT2D eigenvalue weighted by molar-refractivity contribution is -0.137. The smallest absolute Gasteiger partial charge is 0.411 e. The molecule has 2 heterocycles. The number of hydrogen-bond donors (Lipinski definition) is 1. The van der Waals surface area contributed by atoms with Crippen LogP contribution in [0.1, 0.15) is 24.8 Å². The molecule has 0 radical (unpaired) electrons. The van der Waals surface area contributed by atoms with Crippen molar-refractivity contribution in [2.24, 2.45) is 0 Å². The zero-order valence-corrected chi connectivity index (χ0v) is 17.9. The van der Waals surface area contributed by atoms with Crippen LogP contribution in [0.4, 0.5) is 24.5 Å². The number of alkyl halides is 3. The molecule has 4 rings (SSSR count). The molecule has 1 aromatic heterocycles. The van der Waals surface area contributed by atoms with Crippen LogP contribution < -0.4 is 10.2 Å². The number of nitrogens with one attached hydrogen (secondary N) is 1. The van der Waals surface area contributed by atoms with Gasteiger partial charge in [0.05, 0.1) is 22.7 Å². The van der Waals surface area contributed by atoms with Gasteiger partial charge in [0.2, 0.25) is 11.8 Å². The first-order valence-electron chi connectivity index (χ1n) is 10.2. The van der Waals surface area contributed by atoms with E-state index in [9.17, 15) is 18.0 Å². The molecule has 168 valence electrons. The SMILES string of the molecule is O=C(CSc1nnc(-c2ccccc2)o1)Nc1cc(C(F)(F)F)ccc1N1CCCCC1. The van der Waals surface area contributed by atoms with E-state index in [4.69, 9.17) is 4.42 Å². The molecule has 1 fully saturated rings. The number of thioether (sulfide) groups is 1. The molecule has 1 aliphatic rings. The van der Waals surface area contributed by atoms with E-state index < -0.39 is 17.6 Å². The summed E-state index contributed by atoms with van der Waals surface area (Å²) in [6, 6.07) is 12.7. The van der Waals surface area contributed by atoms with E-state index in [1.165, 1.54) is 6.07 Å². The van der Waals surface area contributed by atoms with E-state index in [0.29, 0.717) is 11.6 Å². The first-order valence-corrected chi connectivity index (χ1v) is 11.2. The van der Waals surface area contributed by atoms with Crippen LogP contribution in [0.2, 0.25) is 0 Å². The summed E-state index contributed by atoms with van der Waals surface area (Å²) in [6.07, 6.45) is -1.48. The Hall–Kier alpha value is -3.01. The molecule has 0 aliphatic carbocycles. The molecule has 32 heavy (non-hydrogen) atoms. The molecule has 0 unspecified atom stereocenters. The summed E-state index contributed by atoms with van der Waals surface area (Å²) in [4.78, 5) is 14.5. The molecule has 2 aromatic carbocycles. The number of anilines is 2. The average Bonchev–Trinajstić information content (AvgIpc) is 3.27. The first kappa shape index (κ1) is 22.2. The number of carbonyl (C=O) groups is 1. The number of nitrogens with zero attached hydrogens (tertiary/aromatic N) is 3. The summed E-state index contributed by atoms with van der Waals surface area (Å²) in [7, 11) is 0. The van der Waals surface area contributed by atoms with Gasteiger partial charge >= 0.3 is 6.18 Å². The van der Waals surface area contributed by atoms with E-state index in [-0.39, 0.29) is 16.7 Å². The maximum Gasteiger partial charge on any atom is 0.416 e. The third-order valence-corrected chi connectivity index (χ3v) is 5.87. The van der Waals surface area contributed by atoms with Crippen molar-refractivity contribution in [2.45, 2.75) is 30.7 Å². The van der Waals surface area contributed by atoms with Gasteiger partial charge in [0.25, 0.3) is 5.22 Å². The van der Waals surface area contributed by atoms with E-state index in [1.807, 2.05) is 35.2 Å².